The largest absolute Gasteiger partial charge is 0.117 e. The molecule has 0 saturated heterocycles. The Balaban J connectivity index is 5.13. The summed E-state index contributed by atoms with van der Waals surface area (Å²) < 4.78 is 0. The third-order valence-corrected chi connectivity index (χ3v) is 9.60. The highest BCUT2D eigenvalue weighted by atomic mass is 79.9. The van der Waals surface area contributed by atoms with Crippen molar-refractivity contribution >= 4 is 55.6 Å². The monoisotopic (exact) mass is 484 g/mol. The number of rotatable bonds is 9. The molecule has 0 saturated carbocycles. The molecule has 0 amide bonds. The number of thioether (sulfide) groups is 2. The summed E-state index contributed by atoms with van der Waals surface area (Å²) in [6, 6.07) is 2.62. The molecule has 0 heterocycles. The molecule has 0 aliphatic carbocycles. The normalized spacial score (nSPS) is 13.2. The smallest absolute Gasteiger partial charge is 0.0577 e. The molecule has 26 heavy (non-hydrogen) atoms. The lowest BCUT2D eigenvalue weighted by atomic mass is 10.4. The molecule has 0 nitrogen and oxygen atoms in total. The summed E-state index contributed by atoms with van der Waals surface area (Å²) in [6.45, 7) is 16.4. The molecule has 0 aromatic carbocycles. The highest BCUT2D eigenvalue weighted by Crippen LogP contribution is 2.23. The predicted molar refractivity (Wildman–Crippen MR) is 137 cm³/mol. The molecule has 0 unspecified atom stereocenters. The van der Waals surface area contributed by atoms with Gasteiger partial charge in [0.1, 0.15) is 0 Å². The number of hydrogen-bond donors (Lipinski definition) is 0. The van der Waals surface area contributed by atoms with Crippen molar-refractivity contribution in [2.45, 2.75) is 58.3 Å². The van der Waals surface area contributed by atoms with E-state index in [9.17, 15) is 0 Å². The second-order valence-electron chi connectivity index (χ2n) is 8.32. The molecule has 0 fully saturated rings. The van der Waals surface area contributed by atoms with Crippen molar-refractivity contribution in [3.05, 3.63) is 33.0 Å². The highest BCUT2D eigenvalue weighted by molar-refractivity contribution is 9.11. The molecular weight excluding hydrogens is 452 g/mol. The van der Waals surface area contributed by atoms with Crippen LogP contribution in [0.3, 0.4) is 0 Å². The molecule has 0 atom stereocenters. The van der Waals surface area contributed by atoms with Crippen LogP contribution in [-0.2, 0) is 0 Å². The van der Waals surface area contributed by atoms with Gasteiger partial charge in [0.05, 0.1) is 9.81 Å². The van der Waals surface area contributed by atoms with Crippen molar-refractivity contribution < 1.29 is 0 Å². The first-order chi connectivity index (χ1) is 12.1. The van der Waals surface area contributed by atoms with Crippen LogP contribution in [-0.4, -0.2) is 27.7 Å². The first-order valence-electron chi connectivity index (χ1n) is 8.94. The van der Waals surface area contributed by atoms with Crippen molar-refractivity contribution in [2.75, 3.05) is 11.5 Å². The lowest BCUT2D eigenvalue weighted by molar-refractivity contribution is 1.38. The Morgan fingerprint density at radius 1 is 0.846 bits per heavy atom. The Labute approximate surface area is 181 Å². The second kappa shape index (κ2) is 14.0. The van der Waals surface area contributed by atoms with Crippen LogP contribution >= 0.6 is 39.5 Å². The van der Waals surface area contributed by atoms with Gasteiger partial charge in [0.25, 0.3) is 0 Å². The highest BCUT2D eigenvalue weighted by Gasteiger charge is 2.13. The van der Waals surface area contributed by atoms with Crippen molar-refractivity contribution in [1.29, 1.82) is 0 Å². The zero-order valence-electron chi connectivity index (χ0n) is 17.3. The maximum absolute atomic E-state index is 3.27. The lowest BCUT2D eigenvalue weighted by Crippen LogP contribution is -2.19. The summed E-state index contributed by atoms with van der Waals surface area (Å²) in [5, 5.41) is 0. The van der Waals surface area contributed by atoms with Gasteiger partial charge in [-0.05, 0) is 53.7 Å². The van der Waals surface area contributed by atoms with Crippen LogP contribution in [0.25, 0.3) is 0 Å². The Bertz CT molecular complexity index is 627. The summed E-state index contributed by atoms with van der Waals surface area (Å²) >= 11 is 7.01. The third-order valence-electron chi connectivity index (χ3n) is 3.20. The zero-order valence-corrected chi connectivity index (χ0v) is 22.6. The van der Waals surface area contributed by atoms with E-state index in [1.165, 1.54) is 12.1 Å². The second-order valence-corrected chi connectivity index (χ2v) is 22.4. The van der Waals surface area contributed by atoms with E-state index in [0.717, 1.165) is 21.3 Å². The van der Waals surface area contributed by atoms with Gasteiger partial charge in [0.15, 0.2) is 0 Å². The van der Waals surface area contributed by atoms with E-state index < -0.39 is 16.1 Å². The van der Waals surface area contributed by atoms with E-state index in [0.29, 0.717) is 0 Å². The molecule has 0 rings (SSSR count). The fourth-order valence-electron chi connectivity index (χ4n) is 1.60. The van der Waals surface area contributed by atoms with E-state index >= 15 is 0 Å². The molecule has 0 aromatic rings. The SMILES string of the molecule is CC#C/C(=C/C=C(/C#C/C=C\Br)SCC[Si](C)(C)C)SCC[Si](C)(C)C. The summed E-state index contributed by atoms with van der Waals surface area (Å²) in [5.74, 6) is 14.9. The van der Waals surface area contributed by atoms with Crippen molar-refractivity contribution in [3.8, 4) is 23.7 Å². The van der Waals surface area contributed by atoms with Gasteiger partial charge in [0.2, 0.25) is 0 Å². The number of hydrogen-bond acceptors (Lipinski definition) is 2. The zero-order chi connectivity index (χ0) is 20.1. The predicted octanol–water partition coefficient (Wildman–Crippen LogP) is 7.83. The first-order valence-corrected chi connectivity index (χ1v) is 19.2. The summed E-state index contributed by atoms with van der Waals surface area (Å²) in [6.07, 6.45) is 6.12. The van der Waals surface area contributed by atoms with Gasteiger partial charge in [0, 0.05) is 16.1 Å². The van der Waals surface area contributed by atoms with E-state index in [-0.39, 0.29) is 0 Å². The van der Waals surface area contributed by atoms with E-state index in [2.05, 4.69) is 91.0 Å². The van der Waals surface area contributed by atoms with Gasteiger partial charge in [-0.15, -0.1) is 29.4 Å². The average molecular weight is 486 g/mol. The minimum absolute atomic E-state index is 0.996. The van der Waals surface area contributed by atoms with Gasteiger partial charge >= 0.3 is 0 Å². The minimum Gasteiger partial charge on any atom is -0.117 e. The van der Waals surface area contributed by atoms with E-state index in [1.807, 2.05) is 36.5 Å². The fraction of sp³-hybridized carbons (Fsp3) is 0.524. The number of allylic oxidation sites excluding steroid dienone is 5. The maximum Gasteiger partial charge on any atom is 0.0577 e. The topological polar surface area (TPSA) is 0 Å². The van der Waals surface area contributed by atoms with E-state index in [4.69, 9.17) is 0 Å². The van der Waals surface area contributed by atoms with Gasteiger partial charge in [-0.2, -0.15) is 0 Å². The molecule has 0 N–H and O–H groups in total. The average Bonchev–Trinajstić information content (AvgIpc) is 2.49. The molecule has 144 valence electrons. The molecule has 0 bridgehead atoms. The van der Waals surface area contributed by atoms with Crippen LogP contribution in [0.5, 0.6) is 0 Å². The van der Waals surface area contributed by atoms with Crippen LogP contribution in [0.1, 0.15) is 6.92 Å². The Morgan fingerprint density at radius 3 is 1.69 bits per heavy atom. The Morgan fingerprint density at radius 2 is 1.31 bits per heavy atom. The molecule has 0 spiro atoms. The van der Waals surface area contributed by atoms with Crippen LogP contribution in [0.2, 0.25) is 51.4 Å². The summed E-state index contributed by atoms with van der Waals surface area (Å²) in [4.78, 5) is 4.06. The molecule has 5 heteroatoms. The molecule has 0 aromatic heterocycles. The lowest BCUT2D eigenvalue weighted by Gasteiger charge is -2.15. The van der Waals surface area contributed by atoms with Gasteiger partial charge < -0.3 is 0 Å². The van der Waals surface area contributed by atoms with Crippen molar-refractivity contribution in [2.24, 2.45) is 0 Å². The van der Waals surface area contributed by atoms with Crippen molar-refractivity contribution in [3.63, 3.8) is 0 Å². The van der Waals surface area contributed by atoms with Gasteiger partial charge in [-0.1, -0.05) is 73.0 Å². The quantitative estimate of drug-likeness (QED) is 0.185. The van der Waals surface area contributed by atoms with Crippen LogP contribution < -0.4 is 0 Å². The third kappa shape index (κ3) is 17.4. The first kappa shape index (κ1) is 26.0. The molecular formula is C21H33BrS2Si2. The minimum atomic E-state index is -1.01. The van der Waals surface area contributed by atoms with Crippen molar-refractivity contribution in [1.82, 2.24) is 0 Å². The van der Waals surface area contributed by atoms with Gasteiger partial charge in [-0.25, -0.2) is 0 Å². The molecule has 0 radical (unpaired) electrons. The van der Waals surface area contributed by atoms with Gasteiger partial charge in [-0.3, -0.25) is 0 Å². The molecule has 0 aliphatic rings. The maximum atomic E-state index is 3.27. The molecule has 0 aliphatic heterocycles. The van der Waals surface area contributed by atoms with Crippen LogP contribution in [0.4, 0.5) is 0 Å². The Hall–Kier alpha value is -0.0462. The van der Waals surface area contributed by atoms with E-state index in [1.54, 1.807) is 4.99 Å². The summed E-state index contributed by atoms with van der Waals surface area (Å²) in [7, 11) is -2.01. The fourth-order valence-corrected chi connectivity index (χ4v) is 8.53. The van der Waals surface area contributed by atoms with Crippen LogP contribution in [0.15, 0.2) is 33.0 Å². The standard InChI is InChI=1S/C21H33BrS2Si2/c1-8-11-20(23-16-18-25(2,3)4)13-14-21(12-9-10-15-22)24-17-19-26(5,6)7/h10,13-15H,16-19H2,1-7H3/b15-10-,20-13-,21-14-. The van der Waals surface area contributed by atoms with Crippen LogP contribution in [0, 0.1) is 23.7 Å². The number of halogens is 1. The Kier molecular flexibility index (Phi) is 14.0. The summed E-state index contributed by atoms with van der Waals surface area (Å²) in [5.41, 5.74) is 0.